The number of carbonyl (C=O) groups excluding carboxylic acids is 1. The molecule has 0 bridgehead atoms. The van der Waals surface area contributed by atoms with Gasteiger partial charge in [-0.1, -0.05) is 0 Å². The monoisotopic (exact) mass is 300 g/mol. The van der Waals surface area contributed by atoms with Crippen LogP contribution in [0, 0.1) is 5.92 Å². The number of hydrogen-bond donors (Lipinski definition) is 1. The van der Waals surface area contributed by atoms with Crippen LogP contribution in [0.5, 0.6) is 0 Å². The largest absolute Gasteiger partial charge is 0.391 e. The number of aliphatic hydroxyl groups excluding tert-OH is 1. The van der Waals surface area contributed by atoms with Crippen molar-refractivity contribution in [3.8, 4) is 5.69 Å². The van der Waals surface area contributed by atoms with Crippen molar-refractivity contribution in [3.63, 3.8) is 0 Å². The number of hydrogen-bond acceptors (Lipinski definition) is 6. The first-order chi connectivity index (χ1) is 10.7. The summed E-state index contributed by atoms with van der Waals surface area (Å²) in [5, 5.41) is 21.0. The molecule has 4 rings (SSSR count). The third-order valence-electron chi connectivity index (χ3n) is 4.65. The van der Waals surface area contributed by atoms with Crippen molar-refractivity contribution in [2.24, 2.45) is 5.92 Å². The van der Waals surface area contributed by atoms with E-state index in [4.69, 9.17) is 0 Å². The van der Waals surface area contributed by atoms with Gasteiger partial charge in [0.05, 0.1) is 24.0 Å². The summed E-state index contributed by atoms with van der Waals surface area (Å²) in [4.78, 5) is 18.6. The summed E-state index contributed by atoms with van der Waals surface area (Å²) in [5.41, 5.74) is 1.08. The van der Waals surface area contributed by atoms with Gasteiger partial charge >= 0.3 is 0 Å². The molecular weight excluding hydrogens is 284 g/mol. The van der Waals surface area contributed by atoms with E-state index in [1.54, 1.807) is 23.2 Å². The molecule has 8 nitrogen and oxygen atoms in total. The molecule has 1 amide bonds. The Morgan fingerprint density at radius 3 is 2.91 bits per heavy atom. The summed E-state index contributed by atoms with van der Waals surface area (Å²) in [6.45, 7) is 0.696. The SMILES string of the molecule is O=C(c1ccc(-n2cnnn2)cn1)N1CC[C@@H]2CC[C@@H](O)[C@@H]21. The molecule has 2 fully saturated rings. The molecule has 1 saturated heterocycles. The van der Waals surface area contributed by atoms with Gasteiger partial charge in [-0.05, 0) is 47.7 Å². The number of nitrogens with zero attached hydrogens (tertiary/aromatic N) is 6. The molecule has 114 valence electrons. The fourth-order valence-electron chi connectivity index (χ4n) is 3.58. The standard InChI is InChI=1S/C14H16N6O2/c21-12-4-1-9-5-6-19(13(9)12)14(22)11-3-2-10(7-15-11)20-8-16-17-18-20/h2-3,7-9,12-13,21H,1,4-6H2/t9-,12+,13+/m0/s1. The minimum absolute atomic E-state index is 0.0477. The van der Waals surface area contributed by atoms with Crippen LogP contribution in [0.1, 0.15) is 29.8 Å². The molecule has 8 heteroatoms. The van der Waals surface area contributed by atoms with Crippen molar-refractivity contribution < 1.29 is 9.90 Å². The number of amides is 1. The van der Waals surface area contributed by atoms with Gasteiger partial charge in [-0.3, -0.25) is 4.79 Å². The Kier molecular flexibility index (Phi) is 3.11. The van der Waals surface area contributed by atoms with E-state index in [0.29, 0.717) is 23.8 Å². The lowest BCUT2D eigenvalue weighted by molar-refractivity contribution is 0.0526. The van der Waals surface area contributed by atoms with Gasteiger partial charge in [-0.2, -0.15) is 4.68 Å². The third kappa shape index (κ3) is 2.07. The molecule has 0 unspecified atom stereocenters. The topological polar surface area (TPSA) is 97.0 Å². The quantitative estimate of drug-likeness (QED) is 0.841. The second kappa shape index (κ2) is 5.13. The normalized spacial score (nSPS) is 27.1. The highest BCUT2D eigenvalue weighted by atomic mass is 16.3. The zero-order valence-corrected chi connectivity index (χ0v) is 11.9. The van der Waals surface area contributed by atoms with E-state index >= 15 is 0 Å². The molecule has 1 saturated carbocycles. The second-order valence-corrected chi connectivity index (χ2v) is 5.84. The zero-order valence-electron chi connectivity index (χ0n) is 11.9. The van der Waals surface area contributed by atoms with E-state index in [9.17, 15) is 9.90 Å². The lowest BCUT2D eigenvalue weighted by Crippen LogP contribution is -2.42. The average molecular weight is 300 g/mol. The number of aromatic nitrogens is 5. The minimum Gasteiger partial charge on any atom is -0.391 e. The molecule has 2 aliphatic rings. The Bertz CT molecular complexity index is 671. The summed E-state index contributed by atoms with van der Waals surface area (Å²) in [6, 6.07) is 3.39. The summed E-state index contributed by atoms with van der Waals surface area (Å²) in [7, 11) is 0. The maximum absolute atomic E-state index is 12.6. The minimum atomic E-state index is -0.406. The van der Waals surface area contributed by atoms with Crippen molar-refractivity contribution in [3.05, 3.63) is 30.4 Å². The molecule has 3 atom stereocenters. The first kappa shape index (κ1) is 13.3. The number of pyridine rings is 1. The molecule has 3 heterocycles. The van der Waals surface area contributed by atoms with Crippen molar-refractivity contribution in [1.82, 2.24) is 30.1 Å². The van der Waals surface area contributed by atoms with Gasteiger partial charge in [0.15, 0.2) is 0 Å². The average Bonchev–Trinajstić information content (AvgIpc) is 3.26. The second-order valence-electron chi connectivity index (χ2n) is 5.84. The van der Waals surface area contributed by atoms with Gasteiger partial charge in [0.2, 0.25) is 0 Å². The van der Waals surface area contributed by atoms with Crippen molar-refractivity contribution in [2.45, 2.75) is 31.4 Å². The van der Waals surface area contributed by atoms with Gasteiger partial charge in [0.1, 0.15) is 12.0 Å². The van der Waals surface area contributed by atoms with Crippen LogP contribution < -0.4 is 0 Å². The smallest absolute Gasteiger partial charge is 0.272 e. The first-order valence-electron chi connectivity index (χ1n) is 7.42. The van der Waals surface area contributed by atoms with Gasteiger partial charge < -0.3 is 10.0 Å². The van der Waals surface area contributed by atoms with Gasteiger partial charge in [-0.25, -0.2) is 4.98 Å². The first-order valence-corrected chi connectivity index (χ1v) is 7.42. The van der Waals surface area contributed by atoms with E-state index < -0.39 is 6.10 Å². The van der Waals surface area contributed by atoms with Crippen LogP contribution >= 0.6 is 0 Å². The third-order valence-corrected chi connectivity index (χ3v) is 4.65. The number of aliphatic hydroxyl groups is 1. The van der Waals surface area contributed by atoms with E-state index in [1.165, 1.54) is 11.0 Å². The van der Waals surface area contributed by atoms with Crippen LogP contribution in [0.3, 0.4) is 0 Å². The van der Waals surface area contributed by atoms with Gasteiger partial charge in [-0.15, -0.1) is 5.10 Å². The van der Waals surface area contributed by atoms with E-state index in [1.807, 2.05) is 0 Å². The predicted molar refractivity (Wildman–Crippen MR) is 75.1 cm³/mol. The van der Waals surface area contributed by atoms with E-state index in [-0.39, 0.29) is 11.9 Å². The molecule has 2 aromatic heterocycles. The number of likely N-dealkylation sites (tertiary alicyclic amines) is 1. The molecule has 0 radical (unpaired) electrons. The van der Waals surface area contributed by atoms with Crippen LogP contribution in [-0.2, 0) is 0 Å². The summed E-state index contributed by atoms with van der Waals surface area (Å²) in [6.07, 6.45) is 5.39. The molecule has 0 spiro atoms. The van der Waals surface area contributed by atoms with Crippen LogP contribution in [0.2, 0.25) is 0 Å². The van der Waals surface area contributed by atoms with Crippen molar-refractivity contribution in [1.29, 1.82) is 0 Å². The number of rotatable bonds is 2. The maximum atomic E-state index is 12.6. The fourth-order valence-corrected chi connectivity index (χ4v) is 3.58. The van der Waals surface area contributed by atoms with Gasteiger partial charge in [0.25, 0.3) is 5.91 Å². The number of tetrazole rings is 1. The molecule has 1 aliphatic heterocycles. The molecule has 22 heavy (non-hydrogen) atoms. The van der Waals surface area contributed by atoms with E-state index in [0.717, 1.165) is 19.3 Å². The van der Waals surface area contributed by atoms with Crippen LogP contribution in [0.15, 0.2) is 24.7 Å². The molecule has 1 aliphatic carbocycles. The molecular formula is C14H16N6O2. The molecule has 2 aromatic rings. The summed E-state index contributed by atoms with van der Waals surface area (Å²) >= 11 is 0. The van der Waals surface area contributed by atoms with Crippen molar-refractivity contribution >= 4 is 5.91 Å². The van der Waals surface area contributed by atoms with Gasteiger partial charge in [0, 0.05) is 6.54 Å². The zero-order chi connectivity index (χ0) is 15.1. The highest BCUT2D eigenvalue weighted by Gasteiger charge is 2.45. The molecule has 0 aromatic carbocycles. The summed E-state index contributed by atoms with van der Waals surface area (Å²) in [5.74, 6) is 0.316. The van der Waals surface area contributed by atoms with Crippen LogP contribution in [-0.4, -0.2) is 59.8 Å². The highest BCUT2D eigenvalue weighted by Crippen LogP contribution is 2.38. The highest BCUT2D eigenvalue weighted by molar-refractivity contribution is 5.93. The number of fused-ring (bicyclic) bond motifs is 1. The van der Waals surface area contributed by atoms with Crippen molar-refractivity contribution in [2.75, 3.05) is 6.54 Å². The van der Waals surface area contributed by atoms with E-state index in [2.05, 4.69) is 20.5 Å². The Morgan fingerprint density at radius 2 is 2.18 bits per heavy atom. The summed E-state index contributed by atoms with van der Waals surface area (Å²) < 4.78 is 1.48. The Morgan fingerprint density at radius 1 is 1.27 bits per heavy atom. The Hall–Kier alpha value is -2.35. The maximum Gasteiger partial charge on any atom is 0.272 e. The predicted octanol–water partition coefficient (Wildman–Crippen LogP) is 0.0427. The lowest BCUT2D eigenvalue weighted by atomic mass is 10.0. The lowest BCUT2D eigenvalue weighted by Gasteiger charge is -2.26. The van der Waals surface area contributed by atoms with Crippen LogP contribution in [0.25, 0.3) is 5.69 Å². The Balaban J connectivity index is 1.56. The fraction of sp³-hybridized carbons (Fsp3) is 0.500. The molecule has 1 N–H and O–H groups in total. The number of carbonyl (C=O) groups is 1. The Labute approximate surface area is 126 Å². The van der Waals surface area contributed by atoms with Crippen LogP contribution in [0.4, 0.5) is 0 Å².